The summed E-state index contributed by atoms with van der Waals surface area (Å²) in [6.07, 6.45) is 1.50. The Kier molecular flexibility index (Phi) is 16.4. The van der Waals surface area contributed by atoms with Crippen LogP contribution in [0.3, 0.4) is 0 Å². The normalized spacial score (nSPS) is 10.7. The lowest BCUT2D eigenvalue weighted by Crippen LogP contribution is -2.38. The molecule has 4 rings (SSSR count). The lowest BCUT2D eigenvalue weighted by Gasteiger charge is -2.28. The van der Waals surface area contributed by atoms with Crippen LogP contribution < -0.4 is 15.8 Å². The van der Waals surface area contributed by atoms with Crippen molar-refractivity contribution in [1.29, 1.82) is 5.41 Å². The van der Waals surface area contributed by atoms with Crippen LogP contribution in [0.15, 0.2) is 71.6 Å². The molecule has 1 aromatic heterocycles. The summed E-state index contributed by atoms with van der Waals surface area (Å²) in [4.78, 5) is 7.27. The van der Waals surface area contributed by atoms with Gasteiger partial charge in [-0.05, 0) is 67.5 Å². The van der Waals surface area contributed by atoms with Gasteiger partial charge < -0.3 is 20.9 Å². The first-order chi connectivity index (χ1) is 18.6. The molecular formula is C29H41Cl4N7O2S. The van der Waals surface area contributed by atoms with Gasteiger partial charge in [0.05, 0.1) is 21.6 Å². The molecule has 0 atom stereocenters. The summed E-state index contributed by atoms with van der Waals surface area (Å²) in [6, 6.07) is 19.6. The molecule has 0 saturated carbocycles. The number of rotatable bonds is 12. The van der Waals surface area contributed by atoms with Gasteiger partial charge >= 0.3 is 0 Å². The van der Waals surface area contributed by atoms with Gasteiger partial charge in [-0.25, -0.2) is 13.4 Å². The van der Waals surface area contributed by atoms with E-state index in [2.05, 4.69) is 23.3 Å². The zero-order chi connectivity index (χ0) is 28.2. The summed E-state index contributed by atoms with van der Waals surface area (Å²) < 4.78 is 31.1. The lowest BCUT2D eigenvalue weighted by atomic mass is 10.1. The Morgan fingerprint density at radius 3 is 2.05 bits per heavy atom. The molecular weight excluding hydrogens is 652 g/mol. The van der Waals surface area contributed by atoms with Crippen LogP contribution in [0.1, 0.15) is 30.8 Å². The molecule has 0 spiro atoms. The topological polar surface area (TPSA) is 134 Å². The van der Waals surface area contributed by atoms with Gasteiger partial charge in [0.25, 0.3) is 10.0 Å². The number of likely N-dealkylation sites (N-methyl/N-ethyl adjacent to an activating group) is 1. The van der Waals surface area contributed by atoms with Crippen LogP contribution >= 0.6 is 49.6 Å². The molecule has 0 aliphatic heterocycles. The largest absolute Gasteiger partial charge is 0.399 e. The predicted octanol–water partition coefficient (Wildman–Crippen LogP) is 5.45. The predicted molar refractivity (Wildman–Crippen MR) is 188 cm³/mol. The van der Waals surface area contributed by atoms with Crippen LogP contribution in [0.5, 0.6) is 0 Å². The molecule has 0 radical (unpaired) electrons. The fourth-order valence-corrected chi connectivity index (χ4v) is 6.10. The molecule has 0 fully saturated rings. The third kappa shape index (κ3) is 9.38. The van der Waals surface area contributed by atoms with E-state index >= 15 is 0 Å². The number of aryl methyl sites for hydroxylation is 3. The van der Waals surface area contributed by atoms with E-state index in [0.717, 1.165) is 48.4 Å². The van der Waals surface area contributed by atoms with Crippen molar-refractivity contribution >= 4 is 87.9 Å². The number of halogens is 4. The second-order valence-corrected chi connectivity index (χ2v) is 11.4. The van der Waals surface area contributed by atoms with Crippen molar-refractivity contribution in [3.8, 4) is 0 Å². The average Bonchev–Trinajstić information content (AvgIpc) is 3.24. The van der Waals surface area contributed by atoms with Crippen LogP contribution in [0, 0.1) is 5.41 Å². The summed E-state index contributed by atoms with van der Waals surface area (Å²) in [5, 5.41) is 7.56. The fourth-order valence-electron chi connectivity index (χ4n) is 4.65. The number of nitrogen functional groups attached to an aromatic ring is 2. The zero-order valence-electron chi connectivity index (χ0n) is 24.4. The highest BCUT2D eigenvalue weighted by molar-refractivity contribution is 7.92. The number of nitrogens with two attached hydrogens (primary N) is 2. The molecule has 238 valence electrons. The van der Waals surface area contributed by atoms with Crippen LogP contribution in [0.4, 0.5) is 11.4 Å². The molecule has 9 nitrogen and oxygen atoms in total. The first-order valence-electron chi connectivity index (χ1n) is 13.1. The van der Waals surface area contributed by atoms with E-state index < -0.39 is 10.0 Å². The molecule has 3 aromatic carbocycles. The van der Waals surface area contributed by atoms with Gasteiger partial charge in [-0.2, -0.15) is 0 Å². The summed E-state index contributed by atoms with van der Waals surface area (Å²) >= 11 is 0. The van der Waals surface area contributed by atoms with Gasteiger partial charge in [0.2, 0.25) is 0 Å². The Hall–Kier alpha value is -2.73. The second-order valence-electron chi connectivity index (χ2n) is 9.54. The fraction of sp³-hybridized carbons (Fsp3) is 0.310. The second kappa shape index (κ2) is 17.5. The van der Waals surface area contributed by atoms with Gasteiger partial charge in [-0.3, -0.25) is 9.71 Å². The van der Waals surface area contributed by atoms with Crippen LogP contribution in [0.2, 0.25) is 0 Å². The molecule has 4 aromatic rings. The minimum absolute atomic E-state index is 0. The Bertz CT molecular complexity index is 1560. The molecule has 43 heavy (non-hydrogen) atoms. The summed E-state index contributed by atoms with van der Waals surface area (Å²) in [5.74, 6) is 0.964. The molecule has 0 amide bonds. The Balaban J connectivity index is 0.00000441. The average molecular weight is 694 g/mol. The third-order valence-corrected chi connectivity index (χ3v) is 8.97. The van der Waals surface area contributed by atoms with E-state index in [1.165, 1.54) is 4.31 Å². The highest BCUT2D eigenvalue weighted by atomic mass is 35.5. The van der Waals surface area contributed by atoms with Crippen molar-refractivity contribution < 1.29 is 8.42 Å². The van der Waals surface area contributed by atoms with Gasteiger partial charge in [-0.1, -0.05) is 38.1 Å². The van der Waals surface area contributed by atoms with Gasteiger partial charge in [-0.15, -0.1) is 49.6 Å². The van der Waals surface area contributed by atoms with Crippen molar-refractivity contribution in [3.05, 3.63) is 83.7 Å². The van der Waals surface area contributed by atoms with E-state index in [9.17, 15) is 8.42 Å². The van der Waals surface area contributed by atoms with E-state index in [1.54, 1.807) is 24.3 Å². The molecule has 0 aliphatic rings. The Labute approximate surface area is 279 Å². The van der Waals surface area contributed by atoms with Crippen molar-refractivity contribution in [2.75, 3.05) is 36.2 Å². The van der Waals surface area contributed by atoms with Crippen LogP contribution in [-0.2, 0) is 29.9 Å². The Morgan fingerprint density at radius 1 is 0.884 bits per heavy atom. The van der Waals surface area contributed by atoms with Crippen LogP contribution in [-0.4, -0.2) is 54.9 Å². The summed E-state index contributed by atoms with van der Waals surface area (Å²) in [7, 11) is -1.84. The maximum Gasteiger partial charge on any atom is 0.264 e. The lowest BCUT2D eigenvalue weighted by molar-refractivity contribution is 0.313. The van der Waals surface area contributed by atoms with E-state index in [4.69, 9.17) is 21.9 Å². The number of benzene rings is 3. The number of nitrogens with zero attached hydrogens (tertiary/aromatic N) is 4. The first-order valence-corrected chi connectivity index (χ1v) is 14.6. The monoisotopic (exact) mass is 691 g/mol. The highest BCUT2D eigenvalue weighted by Crippen LogP contribution is 2.28. The summed E-state index contributed by atoms with van der Waals surface area (Å²) in [6.45, 7) is 6.74. The number of imidazole rings is 1. The highest BCUT2D eigenvalue weighted by Gasteiger charge is 2.26. The quantitative estimate of drug-likeness (QED) is 0.103. The van der Waals surface area contributed by atoms with Gasteiger partial charge in [0.15, 0.2) is 0 Å². The standard InChI is InChI=1S/C29H37N7O2S.4ClH/c1-4-35(5-2)18-19-36(39(37,38)25-14-11-23(30)12-15-25)24-13-16-27-26(20-24)33-28(34(27)3)17-8-21-6-9-22(10-7-21)29(31)32;;;;/h6-7,9-16,20H,4-5,8,17-19,30H2,1-3H3,(H3,31,32);4*1H. The minimum atomic E-state index is -3.82. The van der Waals surface area contributed by atoms with Gasteiger partial charge in [0, 0.05) is 37.8 Å². The molecule has 0 saturated heterocycles. The number of sulfonamides is 1. The molecule has 0 unspecified atom stereocenters. The minimum Gasteiger partial charge on any atom is -0.399 e. The smallest absolute Gasteiger partial charge is 0.264 e. The molecule has 0 aliphatic carbocycles. The van der Waals surface area contributed by atoms with E-state index in [0.29, 0.717) is 30.0 Å². The maximum absolute atomic E-state index is 13.8. The number of hydrogen-bond acceptors (Lipinski definition) is 6. The number of anilines is 2. The first kappa shape index (κ1) is 40.3. The third-order valence-electron chi connectivity index (χ3n) is 7.13. The van der Waals surface area contributed by atoms with Crippen molar-refractivity contribution in [1.82, 2.24) is 14.5 Å². The molecule has 0 bridgehead atoms. The van der Waals surface area contributed by atoms with Crippen molar-refractivity contribution in [3.63, 3.8) is 0 Å². The molecule has 5 N–H and O–H groups in total. The number of amidine groups is 1. The van der Waals surface area contributed by atoms with Crippen LogP contribution in [0.25, 0.3) is 11.0 Å². The maximum atomic E-state index is 13.8. The zero-order valence-corrected chi connectivity index (χ0v) is 28.5. The van der Waals surface area contributed by atoms with E-state index in [1.807, 2.05) is 49.5 Å². The Morgan fingerprint density at radius 2 is 1.49 bits per heavy atom. The van der Waals surface area contributed by atoms with Gasteiger partial charge in [0.1, 0.15) is 11.7 Å². The number of hydrogen-bond donors (Lipinski definition) is 3. The number of fused-ring (bicyclic) bond motifs is 1. The van der Waals surface area contributed by atoms with Crippen molar-refractivity contribution in [2.45, 2.75) is 31.6 Å². The SMILES string of the molecule is CCN(CC)CCN(c1ccc2c(c1)nc(CCc1ccc(C(=N)N)cc1)n2C)S(=O)(=O)c1ccc(N)cc1.Cl.Cl.Cl.Cl. The number of aromatic nitrogens is 2. The molecule has 1 heterocycles. The molecule has 14 heteroatoms. The number of nitrogens with one attached hydrogen (secondary N) is 1. The van der Waals surface area contributed by atoms with Crippen molar-refractivity contribution in [2.24, 2.45) is 12.8 Å². The summed E-state index contributed by atoms with van der Waals surface area (Å²) in [5.41, 5.74) is 16.0. The van der Waals surface area contributed by atoms with E-state index in [-0.39, 0.29) is 60.4 Å².